The minimum atomic E-state index is -0.729. The summed E-state index contributed by atoms with van der Waals surface area (Å²) in [5.74, 6) is -1.26. The van der Waals surface area contributed by atoms with E-state index in [4.69, 9.17) is 4.74 Å². The van der Waals surface area contributed by atoms with E-state index in [9.17, 15) is 9.59 Å². The van der Waals surface area contributed by atoms with Gasteiger partial charge in [-0.15, -0.1) is 11.3 Å². The van der Waals surface area contributed by atoms with Gasteiger partial charge in [-0.25, -0.2) is 4.79 Å². The molecule has 0 aliphatic carbocycles. The Balaban J connectivity index is 1.90. The van der Waals surface area contributed by atoms with Crippen LogP contribution in [0.25, 0.3) is 0 Å². The first-order valence-electron chi connectivity index (χ1n) is 5.64. The van der Waals surface area contributed by atoms with Crippen LogP contribution < -0.4 is 0 Å². The second-order valence-corrected chi connectivity index (χ2v) is 5.19. The van der Waals surface area contributed by atoms with Gasteiger partial charge in [0, 0.05) is 6.54 Å². The molecule has 0 spiro atoms. The number of likely N-dealkylation sites (N-methyl/N-ethyl adjacent to an activating group) is 1. The molecule has 0 N–H and O–H groups in total. The quantitative estimate of drug-likeness (QED) is 0.466. The van der Waals surface area contributed by atoms with Gasteiger partial charge in [0.1, 0.15) is 6.10 Å². The molecule has 0 bridgehead atoms. The SMILES string of the molecule is CN1CCCC(OC(=O)C(=O)c2cccs2)C1. The Morgan fingerprint density at radius 2 is 2.35 bits per heavy atom. The number of esters is 1. The van der Waals surface area contributed by atoms with Crippen molar-refractivity contribution in [3.63, 3.8) is 0 Å². The molecule has 0 saturated carbocycles. The molecule has 1 saturated heterocycles. The normalized spacial score (nSPS) is 21.1. The van der Waals surface area contributed by atoms with E-state index in [1.165, 1.54) is 11.3 Å². The number of ketones is 1. The second kappa shape index (κ2) is 5.42. The van der Waals surface area contributed by atoms with Crippen LogP contribution >= 0.6 is 11.3 Å². The van der Waals surface area contributed by atoms with E-state index in [2.05, 4.69) is 4.90 Å². The molecule has 1 fully saturated rings. The minimum Gasteiger partial charge on any atom is -0.455 e. The number of carbonyl (C=O) groups excluding carboxylic acids is 2. The van der Waals surface area contributed by atoms with Gasteiger partial charge in [0.25, 0.3) is 5.78 Å². The van der Waals surface area contributed by atoms with E-state index < -0.39 is 11.8 Å². The molecule has 0 aromatic carbocycles. The van der Waals surface area contributed by atoms with E-state index in [1.807, 2.05) is 7.05 Å². The third kappa shape index (κ3) is 3.14. The van der Waals surface area contributed by atoms with Crippen molar-refractivity contribution >= 4 is 23.1 Å². The third-order valence-electron chi connectivity index (χ3n) is 2.79. The van der Waals surface area contributed by atoms with E-state index in [-0.39, 0.29) is 6.10 Å². The number of rotatable bonds is 3. The van der Waals surface area contributed by atoms with Gasteiger partial charge in [0.15, 0.2) is 0 Å². The summed E-state index contributed by atoms with van der Waals surface area (Å²) < 4.78 is 5.22. The predicted octanol–water partition coefficient (Wildman–Crippen LogP) is 1.57. The topological polar surface area (TPSA) is 46.6 Å². The highest BCUT2D eigenvalue weighted by Crippen LogP contribution is 2.14. The first-order chi connectivity index (χ1) is 8.16. The van der Waals surface area contributed by atoms with Crippen LogP contribution in [0.1, 0.15) is 22.5 Å². The van der Waals surface area contributed by atoms with Gasteiger partial charge in [0.05, 0.1) is 4.88 Å². The zero-order chi connectivity index (χ0) is 12.3. The summed E-state index contributed by atoms with van der Waals surface area (Å²) in [6.45, 7) is 1.73. The number of hydrogen-bond acceptors (Lipinski definition) is 5. The summed E-state index contributed by atoms with van der Waals surface area (Å²) in [5.41, 5.74) is 0. The summed E-state index contributed by atoms with van der Waals surface area (Å²) in [4.78, 5) is 25.9. The molecule has 1 aliphatic rings. The lowest BCUT2D eigenvalue weighted by atomic mass is 10.1. The molecule has 2 rings (SSSR count). The first-order valence-corrected chi connectivity index (χ1v) is 6.52. The smallest absolute Gasteiger partial charge is 0.380 e. The number of carbonyl (C=O) groups is 2. The van der Waals surface area contributed by atoms with Gasteiger partial charge >= 0.3 is 5.97 Å². The maximum Gasteiger partial charge on any atom is 0.380 e. The lowest BCUT2D eigenvalue weighted by molar-refractivity contribution is -0.145. The average molecular weight is 253 g/mol. The molecule has 17 heavy (non-hydrogen) atoms. The van der Waals surface area contributed by atoms with E-state index in [1.54, 1.807) is 17.5 Å². The standard InChI is InChI=1S/C12H15NO3S/c1-13-6-2-4-9(8-13)16-12(15)11(14)10-5-3-7-17-10/h3,5,7,9H,2,4,6,8H2,1H3. The minimum absolute atomic E-state index is 0.148. The Morgan fingerprint density at radius 1 is 1.53 bits per heavy atom. The van der Waals surface area contributed by atoms with Crippen LogP contribution in [-0.4, -0.2) is 42.9 Å². The van der Waals surface area contributed by atoms with E-state index in [0.29, 0.717) is 11.4 Å². The van der Waals surface area contributed by atoms with Gasteiger partial charge in [-0.05, 0) is 37.9 Å². The molecule has 1 aliphatic heterocycles. The highest BCUT2D eigenvalue weighted by Gasteiger charge is 2.25. The molecule has 4 nitrogen and oxygen atoms in total. The first kappa shape index (κ1) is 12.3. The molecule has 1 aromatic heterocycles. The summed E-state index contributed by atoms with van der Waals surface area (Å²) in [5, 5.41) is 1.77. The van der Waals surface area contributed by atoms with Crippen LogP contribution in [-0.2, 0) is 9.53 Å². The van der Waals surface area contributed by atoms with Gasteiger partial charge < -0.3 is 9.64 Å². The molecular formula is C12H15NO3S. The highest BCUT2D eigenvalue weighted by atomic mass is 32.1. The van der Waals surface area contributed by atoms with Crippen LogP contribution in [0.2, 0.25) is 0 Å². The maximum atomic E-state index is 11.7. The van der Waals surface area contributed by atoms with Crippen LogP contribution in [0, 0.1) is 0 Å². The Labute approximate surface area is 104 Å². The molecule has 1 atom stereocenters. The van der Waals surface area contributed by atoms with Crippen molar-refractivity contribution in [1.82, 2.24) is 4.90 Å². The molecule has 0 radical (unpaired) electrons. The van der Waals surface area contributed by atoms with Crippen molar-refractivity contribution in [2.75, 3.05) is 20.1 Å². The molecular weight excluding hydrogens is 238 g/mol. The van der Waals surface area contributed by atoms with E-state index in [0.717, 1.165) is 19.4 Å². The number of hydrogen-bond donors (Lipinski definition) is 0. The summed E-state index contributed by atoms with van der Waals surface area (Å²) in [6, 6.07) is 3.39. The Hall–Kier alpha value is -1.20. The molecule has 1 unspecified atom stereocenters. The Morgan fingerprint density at radius 3 is 3.00 bits per heavy atom. The fraction of sp³-hybridized carbons (Fsp3) is 0.500. The number of Topliss-reactive ketones (excluding diaryl/α,β-unsaturated/α-hetero) is 1. The highest BCUT2D eigenvalue weighted by molar-refractivity contribution is 7.12. The van der Waals surface area contributed by atoms with Crippen LogP contribution in [0.4, 0.5) is 0 Å². The number of nitrogens with zero attached hydrogens (tertiary/aromatic N) is 1. The summed E-state index contributed by atoms with van der Waals surface area (Å²) in [6.07, 6.45) is 1.69. The largest absolute Gasteiger partial charge is 0.455 e. The lowest BCUT2D eigenvalue weighted by Gasteiger charge is -2.28. The average Bonchev–Trinajstić information content (AvgIpc) is 2.81. The maximum absolute atomic E-state index is 11.7. The second-order valence-electron chi connectivity index (χ2n) is 4.24. The summed E-state index contributed by atoms with van der Waals surface area (Å²) in [7, 11) is 1.99. The molecule has 5 heteroatoms. The monoisotopic (exact) mass is 253 g/mol. The molecule has 2 heterocycles. The van der Waals surface area contributed by atoms with Gasteiger partial charge in [-0.3, -0.25) is 4.79 Å². The zero-order valence-corrected chi connectivity index (χ0v) is 10.5. The Kier molecular flexibility index (Phi) is 3.91. The van der Waals surface area contributed by atoms with Crippen molar-refractivity contribution in [3.8, 4) is 0 Å². The molecule has 1 aromatic rings. The summed E-state index contributed by atoms with van der Waals surface area (Å²) >= 11 is 1.26. The zero-order valence-electron chi connectivity index (χ0n) is 9.72. The van der Waals surface area contributed by atoms with Crippen LogP contribution in [0.15, 0.2) is 17.5 Å². The van der Waals surface area contributed by atoms with Crippen molar-refractivity contribution < 1.29 is 14.3 Å². The van der Waals surface area contributed by atoms with Crippen LogP contribution in [0.3, 0.4) is 0 Å². The van der Waals surface area contributed by atoms with Gasteiger partial charge in [0.2, 0.25) is 0 Å². The molecule has 92 valence electrons. The van der Waals surface area contributed by atoms with Crippen molar-refractivity contribution in [2.24, 2.45) is 0 Å². The fourth-order valence-corrected chi connectivity index (χ4v) is 2.58. The molecule has 0 amide bonds. The van der Waals surface area contributed by atoms with Crippen molar-refractivity contribution in [1.29, 1.82) is 0 Å². The van der Waals surface area contributed by atoms with Gasteiger partial charge in [-0.2, -0.15) is 0 Å². The van der Waals surface area contributed by atoms with E-state index >= 15 is 0 Å². The van der Waals surface area contributed by atoms with Crippen LogP contribution in [0.5, 0.6) is 0 Å². The fourth-order valence-electron chi connectivity index (χ4n) is 1.93. The van der Waals surface area contributed by atoms with Crippen molar-refractivity contribution in [2.45, 2.75) is 18.9 Å². The third-order valence-corrected chi connectivity index (χ3v) is 3.65. The number of thiophene rings is 1. The lowest BCUT2D eigenvalue weighted by Crippen LogP contribution is -2.39. The number of ether oxygens (including phenoxy) is 1. The Bertz CT molecular complexity index is 402. The number of likely N-dealkylation sites (tertiary alicyclic amines) is 1. The predicted molar refractivity (Wildman–Crippen MR) is 65.3 cm³/mol. The number of piperidine rings is 1. The van der Waals surface area contributed by atoms with Gasteiger partial charge in [-0.1, -0.05) is 6.07 Å². The van der Waals surface area contributed by atoms with Crippen molar-refractivity contribution in [3.05, 3.63) is 22.4 Å².